The van der Waals surface area contributed by atoms with Crippen LogP contribution in [0.15, 0.2) is 36.5 Å². The van der Waals surface area contributed by atoms with Gasteiger partial charge in [-0.3, -0.25) is 9.59 Å². The van der Waals surface area contributed by atoms with Gasteiger partial charge in [0.15, 0.2) is 5.65 Å². The fraction of sp³-hybridized carbons (Fsp3) is 0.481. The summed E-state index contributed by atoms with van der Waals surface area (Å²) < 4.78 is 1.88. The number of hydrogen-bond acceptors (Lipinski definition) is 4. The third kappa shape index (κ3) is 4.43. The van der Waals surface area contributed by atoms with Crippen molar-refractivity contribution in [3.05, 3.63) is 53.3 Å². The summed E-state index contributed by atoms with van der Waals surface area (Å²) in [5.74, 6) is 0.282. The zero-order valence-corrected chi connectivity index (χ0v) is 20.3. The van der Waals surface area contributed by atoms with Gasteiger partial charge in [0.05, 0.1) is 17.1 Å². The molecular weight excluding hydrogens is 426 g/mol. The van der Waals surface area contributed by atoms with Crippen LogP contribution in [0.3, 0.4) is 0 Å². The number of benzene rings is 1. The number of aromatic nitrogens is 3. The van der Waals surface area contributed by atoms with Crippen molar-refractivity contribution in [3.8, 4) is 0 Å². The van der Waals surface area contributed by atoms with Gasteiger partial charge in [-0.2, -0.15) is 5.10 Å². The molecule has 0 atom stereocenters. The smallest absolute Gasteiger partial charge is 0.256 e. The molecule has 2 fully saturated rings. The lowest BCUT2D eigenvalue weighted by atomic mass is 9.94. The van der Waals surface area contributed by atoms with Crippen LogP contribution in [-0.2, 0) is 0 Å². The molecule has 0 aliphatic heterocycles. The Morgan fingerprint density at radius 2 is 1.76 bits per heavy atom. The Bertz CT molecular complexity index is 1200. The second kappa shape index (κ2) is 9.20. The zero-order valence-electron chi connectivity index (χ0n) is 20.3. The lowest BCUT2D eigenvalue weighted by Gasteiger charge is -2.31. The molecule has 34 heavy (non-hydrogen) atoms. The van der Waals surface area contributed by atoms with E-state index in [4.69, 9.17) is 4.98 Å². The fourth-order valence-electron chi connectivity index (χ4n) is 4.92. The van der Waals surface area contributed by atoms with Gasteiger partial charge < -0.3 is 10.2 Å². The topological polar surface area (TPSA) is 80.1 Å². The Labute approximate surface area is 200 Å². The van der Waals surface area contributed by atoms with E-state index in [1.807, 2.05) is 22.7 Å². The first-order valence-electron chi connectivity index (χ1n) is 12.5. The average molecular weight is 460 g/mol. The Hall–Kier alpha value is -3.22. The molecule has 2 aromatic heterocycles. The van der Waals surface area contributed by atoms with Gasteiger partial charge in [0.1, 0.15) is 0 Å². The highest BCUT2D eigenvalue weighted by atomic mass is 16.2. The molecule has 1 N–H and O–H groups in total. The third-order valence-electron chi connectivity index (χ3n) is 7.15. The molecule has 2 saturated carbocycles. The first kappa shape index (κ1) is 22.6. The van der Waals surface area contributed by atoms with Gasteiger partial charge in [-0.25, -0.2) is 9.67 Å². The van der Waals surface area contributed by atoms with Gasteiger partial charge in [-0.1, -0.05) is 19.3 Å². The molecule has 0 bridgehead atoms. The number of fused-ring (bicyclic) bond motifs is 1. The normalized spacial score (nSPS) is 16.7. The molecule has 7 heteroatoms. The third-order valence-corrected chi connectivity index (χ3v) is 7.15. The van der Waals surface area contributed by atoms with Crippen molar-refractivity contribution in [1.82, 2.24) is 19.7 Å². The van der Waals surface area contributed by atoms with E-state index in [0.717, 1.165) is 42.4 Å². The predicted molar refractivity (Wildman–Crippen MR) is 133 cm³/mol. The molecule has 2 aliphatic carbocycles. The van der Waals surface area contributed by atoms with Crippen LogP contribution in [0.4, 0.5) is 5.69 Å². The summed E-state index contributed by atoms with van der Waals surface area (Å²) in [6.45, 7) is 4.12. The van der Waals surface area contributed by atoms with E-state index in [1.54, 1.807) is 30.5 Å². The fourth-order valence-corrected chi connectivity index (χ4v) is 4.92. The minimum absolute atomic E-state index is 0.0378. The van der Waals surface area contributed by atoms with Crippen molar-refractivity contribution in [2.24, 2.45) is 0 Å². The SMILES string of the molecule is CC(C)n1ncc2c(C(=O)Nc3ccc(C(=O)N(C)C4CCCCC4)cc3)cc(C3CC3)nc21. The maximum absolute atomic E-state index is 13.3. The quantitative estimate of drug-likeness (QED) is 0.524. The molecule has 2 amide bonds. The molecule has 2 heterocycles. The first-order valence-corrected chi connectivity index (χ1v) is 12.5. The van der Waals surface area contributed by atoms with Crippen molar-refractivity contribution in [3.63, 3.8) is 0 Å². The van der Waals surface area contributed by atoms with Crippen LogP contribution in [-0.4, -0.2) is 44.6 Å². The first-order chi connectivity index (χ1) is 16.4. The van der Waals surface area contributed by atoms with Gasteiger partial charge in [-0.15, -0.1) is 0 Å². The molecule has 0 spiro atoms. The maximum atomic E-state index is 13.3. The molecule has 0 saturated heterocycles. The Balaban J connectivity index is 1.35. The van der Waals surface area contributed by atoms with Crippen LogP contribution in [0.25, 0.3) is 11.0 Å². The summed E-state index contributed by atoms with van der Waals surface area (Å²) in [6.07, 6.45) is 9.75. The van der Waals surface area contributed by atoms with E-state index in [1.165, 1.54) is 19.3 Å². The van der Waals surface area contributed by atoms with Crippen molar-refractivity contribution in [2.45, 2.75) is 76.8 Å². The lowest BCUT2D eigenvalue weighted by Crippen LogP contribution is -2.38. The van der Waals surface area contributed by atoms with Gasteiger partial charge in [0.25, 0.3) is 11.8 Å². The second-order valence-electron chi connectivity index (χ2n) is 10.0. The number of hydrogen-bond donors (Lipinski definition) is 1. The number of anilines is 1. The van der Waals surface area contributed by atoms with E-state index in [2.05, 4.69) is 24.3 Å². The van der Waals surface area contributed by atoms with E-state index in [9.17, 15) is 9.59 Å². The molecule has 5 rings (SSSR count). The molecule has 7 nitrogen and oxygen atoms in total. The number of pyridine rings is 1. The van der Waals surface area contributed by atoms with Crippen LogP contribution in [0.2, 0.25) is 0 Å². The number of carbonyl (C=O) groups is 2. The van der Waals surface area contributed by atoms with Gasteiger partial charge in [0.2, 0.25) is 0 Å². The molecular formula is C27H33N5O2. The van der Waals surface area contributed by atoms with Crippen LogP contribution in [0.5, 0.6) is 0 Å². The number of rotatable bonds is 6. The largest absolute Gasteiger partial charge is 0.339 e. The monoisotopic (exact) mass is 459 g/mol. The number of nitrogens with zero attached hydrogens (tertiary/aromatic N) is 4. The summed E-state index contributed by atoms with van der Waals surface area (Å²) in [6, 6.07) is 9.60. The van der Waals surface area contributed by atoms with Gasteiger partial charge in [0, 0.05) is 42.0 Å². The van der Waals surface area contributed by atoms with Crippen LogP contribution >= 0.6 is 0 Å². The van der Waals surface area contributed by atoms with E-state index >= 15 is 0 Å². The standard InChI is InChI=1S/C27H33N5O2/c1-17(2)32-25-23(16-28-32)22(15-24(30-25)18-9-10-18)26(33)29-20-13-11-19(12-14-20)27(34)31(3)21-7-5-4-6-8-21/h11-18,21H,4-10H2,1-3H3,(H,29,33). The van der Waals surface area contributed by atoms with Crippen LogP contribution in [0, 0.1) is 0 Å². The highest BCUT2D eigenvalue weighted by Gasteiger charge is 2.28. The molecule has 0 radical (unpaired) electrons. The summed E-state index contributed by atoms with van der Waals surface area (Å²) in [7, 11) is 1.90. The predicted octanol–water partition coefficient (Wildman–Crippen LogP) is 5.55. The summed E-state index contributed by atoms with van der Waals surface area (Å²) in [5.41, 5.74) is 3.63. The van der Waals surface area contributed by atoms with Crippen LogP contribution < -0.4 is 5.32 Å². The second-order valence-corrected chi connectivity index (χ2v) is 10.0. The molecule has 3 aromatic rings. The number of carbonyl (C=O) groups excluding carboxylic acids is 2. The van der Waals surface area contributed by atoms with Crippen molar-refractivity contribution in [2.75, 3.05) is 12.4 Å². The van der Waals surface area contributed by atoms with Crippen molar-refractivity contribution in [1.29, 1.82) is 0 Å². The highest BCUT2D eigenvalue weighted by Crippen LogP contribution is 2.40. The number of amides is 2. The summed E-state index contributed by atoms with van der Waals surface area (Å²) in [4.78, 5) is 32.9. The molecule has 2 aliphatic rings. The highest BCUT2D eigenvalue weighted by molar-refractivity contribution is 6.12. The van der Waals surface area contributed by atoms with E-state index in [-0.39, 0.29) is 17.9 Å². The van der Waals surface area contributed by atoms with Crippen molar-refractivity contribution >= 4 is 28.5 Å². The molecule has 1 aromatic carbocycles. The minimum atomic E-state index is -0.184. The maximum Gasteiger partial charge on any atom is 0.256 e. The van der Waals surface area contributed by atoms with E-state index in [0.29, 0.717) is 28.8 Å². The van der Waals surface area contributed by atoms with Crippen LogP contribution in [0.1, 0.15) is 97.2 Å². The van der Waals surface area contributed by atoms with E-state index < -0.39 is 0 Å². The Morgan fingerprint density at radius 1 is 1.06 bits per heavy atom. The Morgan fingerprint density at radius 3 is 2.41 bits per heavy atom. The van der Waals surface area contributed by atoms with Gasteiger partial charge in [-0.05, 0) is 69.9 Å². The molecule has 178 valence electrons. The average Bonchev–Trinajstić information content (AvgIpc) is 3.62. The summed E-state index contributed by atoms with van der Waals surface area (Å²) in [5, 5.41) is 8.25. The summed E-state index contributed by atoms with van der Waals surface area (Å²) >= 11 is 0. The number of nitrogens with one attached hydrogen (secondary N) is 1. The molecule has 0 unspecified atom stereocenters. The van der Waals surface area contributed by atoms with Crippen molar-refractivity contribution < 1.29 is 9.59 Å². The van der Waals surface area contributed by atoms with Gasteiger partial charge >= 0.3 is 0 Å². The zero-order chi connectivity index (χ0) is 23.8. The minimum Gasteiger partial charge on any atom is -0.339 e. The lowest BCUT2D eigenvalue weighted by molar-refractivity contribution is 0.0696. The Kier molecular flexibility index (Phi) is 6.11.